The van der Waals surface area contributed by atoms with Crippen LogP contribution in [0.2, 0.25) is 0 Å². The maximum atomic E-state index is 12.1. The third kappa shape index (κ3) is 1.71. The van der Waals surface area contributed by atoms with Gasteiger partial charge in [-0.25, -0.2) is 4.31 Å². The fourth-order valence-electron chi connectivity index (χ4n) is 2.21. The van der Waals surface area contributed by atoms with Gasteiger partial charge in [-0.15, -0.1) is 0 Å². The molecule has 1 amide bonds. The van der Waals surface area contributed by atoms with Gasteiger partial charge in [-0.1, -0.05) is 0 Å². The largest absolute Gasteiger partial charge is 0.326 e. The number of rotatable bonds is 1. The fraction of sp³-hybridized carbons (Fsp3) is 0.700. The van der Waals surface area contributed by atoms with Crippen LogP contribution in [0.3, 0.4) is 0 Å². The van der Waals surface area contributed by atoms with Gasteiger partial charge in [-0.2, -0.15) is 8.42 Å². The first-order valence-electron chi connectivity index (χ1n) is 5.52. The zero-order valence-electron chi connectivity index (χ0n) is 9.49. The molecule has 2 aliphatic rings. The van der Waals surface area contributed by atoms with Crippen molar-refractivity contribution in [3.8, 4) is 0 Å². The van der Waals surface area contributed by atoms with E-state index in [-0.39, 0.29) is 11.9 Å². The molecule has 0 saturated heterocycles. The first-order chi connectivity index (χ1) is 7.43. The van der Waals surface area contributed by atoms with E-state index in [1.54, 1.807) is 13.8 Å². The summed E-state index contributed by atoms with van der Waals surface area (Å²) in [6.07, 6.45) is 3.24. The molecule has 0 aromatic heterocycles. The molecule has 1 aliphatic carbocycles. The second-order valence-corrected chi connectivity index (χ2v) is 6.01. The number of hydrogen-bond donors (Lipinski definition) is 1. The molecule has 0 aromatic rings. The number of carbonyl (C=O) groups excluding carboxylic acids is 1. The first-order valence-corrected chi connectivity index (χ1v) is 6.96. The molecule has 90 valence electrons. The summed E-state index contributed by atoms with van der Waals surface area (Å²) >= 11 is 0. The highest BCUT2D eigenvalue weighted by atomic mass is 32.2. The summed E-state index contributed by atoms with van der Waals surface area (Å²) in [5.41, 5.74) is 1.25. The Labute approximate surface area is 95.7 Å². The summed E-state index contributed by atoms with van der Waals surface area (Å²) in [6.45, 7) is 3.40. The second kappa shape index (κ2) is 3.76. The van der Waals surface area contributed by atoms with Gasteiger partial charge >= 0.3 is 10.2 Å². The van der Waals surface area contributed by atoms with Crippen LogP contribution < -0.4 is 4.72 Å². The average molecular weight is 244 g/mol. The van der Waals surface area contributed by atoms with E-state index in [1.165, 1.54) is 0 Å². The number of nitrogens with one attached hydrogen (secondary N) is 1. The quantitative estimate of drug-likeness (QED) is 0.745. The standard InChI is InChI=1S/C10H16N2O3S/c1-7(2)12-10(13)8-5-3-4-6-9(8)11-16(12,14)15/h7,11H,3-6H2,1-2H3. The Morgan fingerprint density at radius 1 is 1.25 bits per heavy atom. The molecule has 2 rings (SSSR count). The molecule has 16 heavy (non-hydrogen) atoms. The van der Waals surface area contributed by atoms with Crippen molar-refractivity contribution in [3.05, 3.63) is 11.3 Å². The summed E-state index contributed by atoms with van der Waals surface area (Å²) in [5.74, 6) is -0.344. The summed E-state index contributed by atoms with van der Waals surface area (Å²) in [6, 6.07) is -0.346. The summed E-state index contributed by atoms with van der Waals surface area (Å²) in [5, 5.41) is 0. The van der Waals surface area contributed by atoms with Crippen LogP contribution in [-0.4, -0.2) is 24.7 Å². The van der Waals surface area contributed by atoms with Crippen molar-refractivity contribution in [2.24, 2.45) is 0 Å². The molecule has 1 aliphatic heterocycles. The number of hydrogen-bond acceptors (Lipinski definition) is 3. The molecule has 0 aromatic carbocycles. The average Bonchev–Trinajstić information content (AvgIpc) is 2.15. The maximum absolute atomic E-state index is 12.1. The van der Waals surface area contributed by atoms with Gasteiger partial charge < -0.3 is 0 Å². The SMILES string of the molecule is CC(C)N1C(=O)C2=C(CCCC2)NS1(=O)=O. The number of allylic oxidation sites excluding steroid dienone is 1. The van der Waals surface area contributed by atoms with E-state index in [9.17, 15) is 13.2 Å². The summed E-state index contributed by atoms with van der Waals surface area (Å²) in [7, 11) is -3.67. The van der Waals surface area contributed by atoms with E-state index in [1.807, 2.05) is 0 Å². The fourth-order valence-corrected chi connectivity index (χ4v) is 3.73. The summed E-state index contributed by atoms with van der Waals surface area (Å²) < 4.78 is 27.2. The second-order valence-electron chi connectivity index (χ2n) is 4.47. The molecule has 0 radical (unpaired) electrons. The van der Waals surface area contributed by atoms with Crippen LogP contribution in [0.25, 0.3) is 0 Å². The Hall–Kier alpha value is -1.04. The van der Waals surface area contributed by atoms with E-state index < -0.39 is 10.2 Å². The summed E-state index contributed by atoms with van der Waals surface area (Å²) in [4.78, 5) is 12.1. The van der Waals surface area contributed by atoms with Crippen LogP contribution >= 0.6 is 0 Å². The van der Waals surface area contributed by atoms with Gasteiger partial charge in [0, 0.05) is 17.3 Å². The van der Waals surface area contributed by atoms with Crippen LogP contribution in [0.1, 0.15) is 39.5 Å². The van der Waals surface area contributed by atoms with Crippen molar-refractivity contribution in [1.82, 2.24) is 9.03 Å². The lowest BCUT2D eigenvalue weighted by atomic mass is 9.96. The molecule has 1 heterocycles. The molecule has 1 N–H and O–H groups in total. The van der Waals surface area contributed by atoms with Gasteiger partial charge in [0.2, 0.25) is 0 Å². The highest BCUT2D eigenvalue weighted by Gasteiger charge is 2.39. The smallest absolute Gasteiger partial charge is 0.270 e. The zero-order valence-corrected chi connectivity index (χ0v) is 10.3. The van der Waals surface area contributed by atoms with Gasteiger partial charge in [-0.05, 0) is 39.5 Å². The van der Waals surface area contributed by atoms with Crippen molar-refractivity contribution >= 4 is 16.1 Å². The lowest BCUT2D eigenvalue weighted by Gasteiger charge is -2.34. The van der Waals surface area contributed by atoms with Crippen LogP contribution in [0, 0.1) is 0 Å². The zero-order chi connectivity index (χ0) is 11.9. The van der Waals surface area contributed by atoms with Crippen LogP contribution in [0.4, 0.5) is 0 Å². The van der Waals surface area contributed by atoms with E-state index in [2.05, 4.69) is 4.72 Å². The molecule has 6 heteroatoms. The Balaban J connectivity index is 2.47. The van der Waals surface area contributed by atoms with E-state index in [0.717, 1.165) is 17.1 Å². The van der Waals surface area contributed by atoms with E-state index in [0.29, 0.717) is 24.1 Å². The molecule has 0 unspecified atom stereocenters. The number of carbonyl (C=O) groups is 1. The highest BCUT2D eigenvalue weighted by Crippen LogP contribution is 2.30. The van der Waals surface area contributed by atoms with Crippen molar-refractivity contribution in [2.75, 3.05) is 0 Å². The van der Waals surface area contributed by atoms with Gasteiger partial charge in [0.15, 0.2) is 0 Å². The predicted octanol–water partition coefficient (Wildman–Crippen LogP) is 0.899. The number of amides is 1. The Morgan fingerprint density at radius 2 is 1.88 bits per heavy atom. The van der Waals surface area contributed by atoms with Gasteiger partial charge in [0.05, 0.1) is 0 Å². The Bertz CT molecular complexity index is 451. The van der Waals surface area contributed by atoms with Crippen LogP contribution in [0.15, 0.2) is 11.3 Å². The number of nitrogens with zero attached hydrogens (tertiary/aromatic N) is 1. The molecule has 0 spiro atoms. The minimum atomic E-state index is -3.67. The van der Waals surface area contributed by atoms with E-state index in [4.69, 9.17) is 0 Å². The van der Waals surface area contributed by atoms with Crippen LogP contribution in [-0.2, 0) is 15.0 Å². The van der Waals surface area contributed by atoms with Crippen molar-refractivity contribution < 1.29 is 13.2 Å². The van der Waals surface area contributed by atoms with E-state index >= 15 is 0 Å². The monoisotopic (exact) mass is 244 g/mol. The molecule has 0 atom stereocenters. The van der Waals surface area contributed by atoms with Gasteiger partial charge in [0.1, 0.15) is 0 Å². The third-order valence-electron chi connectivity index (χ3n) is 2.91. The molecule has 0 fully saturated rings. The topological polar surface area (TPSA) is 66.5 Å². The Morgan fingerprint density at radius 3 is 2.50 bits per heavy atom. The minimum absolute atomic E-state index is 0.344. The molecular weight excluding hydrogens is 228 g/mol. The molecule has 0 bridgehead atoms. The van der Waals surface area contributed by atoms with Gasteiger partial charge in [0.25, 0.3) is 5.91 Å². The first kappa shape index (κ1) is 11.4. The van der Waals surface area contributed by atoms with Crippen LogP contribution in [0.5, 0.6) is 0 Å². The Kier molecular flexibility index (Phi) is 2.69. The molecule has 0 saturated carbocycles. The molecular formula is C10H16N2O3S. The lowest BCUT2D eigenvalue weighted by molar-refractivity contribution is -0.124. The minimum Gasteiger partial charge on any atom is -0.270 e. The third-order valence-corrected chi connectivity index (χ3v) is 4.52. The maximum Gasteiger partial charge on any atom is 0.326 e. The van der Waals surface area contributed by atoms with Gasteiger partial charge in [-0.3, -0.25) is 9.52 Å². The normalized spacial score (nSPS) is 24.4. The highest BCUT2D eigenvalue weighted by molar-refractivity contribution is 7.88. The van der Waals surface area contributed by atoms with Crippen molar-refractivity contribution in [1.29, 1.82) is 0 Å². The predicted molar refractivity (Wildman–Crippen MR) is 59.5 cm³/mol. The lowest BCUT2D eigenvalue weighted by Crippen LogP contribution is -2.52. The van der Waals surface area contributed by atoms with Crippen molar-refractivity contribution in [2.45, 2.75) is 45.6 Å². The molecule has 5 nitrogen and oxygen atoms in total. The van der Waals surface area contributed by atoms with Crippen molar-refractivity contribution in [3.63, 3.8) is 0 Å².